The van der Waals surface area contributed by atoms with Crippen molar-refractivity contribution in [3.05, 3.63) is 11.6 Å². The molecular formula is C23H32Br2O3. The van der Waals surface area contributed by atoms with Crippen LogP contribution in [0.25, 0.3) is 0 Å². The van der Waals surface area contributed by atoms with Gasteiger partial charge in [-0.2, -0.15) is 0 Å². The Hall–Kier alpha value is -0.160. The molecule has 3 nitrogen and oxygen atoms in total. The number of hydrogen-bond donors (Lipinski definition) is 0. The zero-order valence-corrected chi connectivity index (χ0v) is 20.6. The van der Waals surface area contributed by atoms with E-state index in [-0.39, 0.29) is 32.4 Å². The largest absolute Gasteiger partial charge is 0.463 e. The molecule has 5 heteroatoms. The van der Waals surface area contributed by atoms with Crippen molar-refractivity contribution in [2.75, 3.05) is 0 Å². The van der Waals surface area contributed by atoms with Gasteiger partial charge < -0.3 is 4.74 Å². The highest BCUT2D eigenvalue weighted by Crippen LogP contribution is 2.71. The van der Waals surface area contributed by atoms with E-state index in [1.165, 1.54) is 26.2 Å². The van der Waals surface area contributed by atoms with Gasteiger partial charge in [-0.15, -0.1) is 0 Å². The Bertz CT molecular complexity index is 733. The first kappa shape index (κ1) is 21.1. The molecule has 0 amide bonds. The molecule has 4 rings (SSSR count). The van der Waals surface area contributed by atoms with Gasteiger partial charge in [-0.1, -0.05) is 51.8 Å². The highest BCUT2D eigenvalue weighted by molar-refractivity contribution is 9.12. The van der Waals surface area contributed by atoms with E-state index < -0.39 is 0 Å². The quantitative estimate of drug-likeness (QED) is 0.335. The van der Waals surface area contributed by atoms with Gasteiger partial charge in [0.2, 0.25) is 0 Å². The van der Waals surface area contributed by atoms with Crippen LogP contribution in [-0.4, -0.2) is 27.0 Å². The Kier molecular flexibility index (Phi) is 5.22. The van der Waals surface area contributed by atoms with Crippen LogP contribution in [0, 0.1) is 28.6 Å². The first-order chi connectivity index (χ1) is 13.0. The summed E-state index contributed by atoms with van der Waals surface area (Å²) >= 11 is 8.21. The van der Waals surface area contributed by atoms with Crippen molar-refractivity contribution in [3.63, 3.8) is 0 Å². The summed E-state index contributed by atoms with van der Waals surface area (Å²) < 4.78 is 5.49. The van der Waals surface area contributed by atoms with Crippen LogP contribution in [0.2, 0.25) is 0 Å². The maximum absolute atomic E-state index is 12.4. The number of fused-ring (bicyclic) bond motifs is 5. The lowest BCUT2D eigenvalue weighted by Crippen LogP contribution is -2.62. The molecule has 0 aromatic heterocycles. The molecule has 28 heavy (non-hydrogen) atoms. The zero-order chi connectivity index (χ0) is 20.5. The summed E-state index contributed by atoms with van der Waals surface area (Å²) in [6.45, 7) is 8.04. The lowest BCUT2D eigenvalue weighted by atomic mass is 9.44. The number of alkyl halides is 2. The highest BCUT2D eigenvalue weighted by Gasteiger charge is 2.68. The van der Waals surface area contributed by atoms with E-state index in [0.717, 1.165) is 31.3 Å². The number of esters is 1. The standard InChI is InChI=1S/C23H32Br2O3/c1-13(26)19-12-20(24)23(25)18-6-5-15-11-16(28-14(2)27)7-9-21(15,3)17(18)8-10-22(19,23)4/h12,15-18,20H,5-11H2,1-4H3/t15-,16+,17+,18-,20+,21+,22-,23-/m1/s1. The Balaban J connectivity index is 1.63. The predicted molar refractivity (Wildman–Crippen MR) is 118 cm³/mol. The molecule has 0 radical (unpaired) electrons. The summed E-state index contributed by atoms with van der Waals surface area (Å²) in [6, 6.07) is 0. The average molecular weight is 516 g/mol. The minimum atomic E-state index is -0.147. The highest BCUT2D eigenvalue weighted by atomic mass is 79.9. The van der Waals surface area contributed by atoms with E-state index in [9.17, 15) is 9.59 Å². The molecule has 0 spiro atoms. The molecule has 0 aromatic rings. The fourth-order valence-electron chi connectivity index (χ4n) is 7.59. The zero-order valence-electron chi connectivity index (χ0n) is 17.4. The van der Waals surface area contributed by atoms with Crippen LogP contribution in [0.15, 0.2) is 11.6 Å². The van der Waals surface area contributed by atoms with Crippen LogP contribution in [0.5, 0.6) is 0 Å². The Morgan fingerprint density at radius 2 is 1.79 bits per heavy atom. The third-order valence-corrected chi connectivity index (χ3v) is 12.6. The number of ether oxygens (including phenoxy) is 1. The molecule has 0 unspecified atom stereocenters. The fraction of sp³-hybridized carbons (Fsp3) is 0.826. The van der Waals surface area contributed by atoms with Crippen LogP contribution in [0.1, 0.15) is 72.6 Å². The van der Waals surface area contributed by atoms with Gasteiger partial charge in [0, 0.05) is 17.2 Å². The number of carbonyl (C=O) groups is 2. The molecule has 3 fully saturated rings. The van der Waals surface area contributed by atoms with Crippen molar-refractivity contribution >= 4 is 43.6 Å². The van der Waals surface area contributed by atoms with Crippen LogP contribution in [-0.2, 0) is 14.3 Å². The molecule has 0 N–H and O–H groups in total. The normalized spacial score (nSPS) is 50.1. The molecule has 0 bridgehead atoms. The molecule has 156 valence electrons. The van der Waals surface area contributed by atoms with Gasteiger partial charge in [-0.25, -0.2) is 0 Å². The SMILES string of the molecule is CC(=O)O[C@H]1CC[C@@]2(C)[C@H](CC[C@@H]3[C@@H]2CC[C@]2(C)C(C(C)=O)=C[C@H](Br)[C@]32Br)C1. The number of halogens is 2. The van der Waals surface area contributed by atoms with Crippen LogP contribution in [0.4, 0.5) is 0 Å². The van der Waals surface area contributed by atoms with Gasteiger partial charge in [-0.3, -0.25) is 9.59 Å². The molecule has 0 heterocycles. The van der Waals surface area contributed by atoms with Crippen molar-refractivity contribution in [2.24, 2.45) is 28.6 Å². The lowest BCUT2D eigenvalue weighted by Gasteiger charge is -2.64. The molecule has 0 aliphatic heterocycles. The third-order valence-electron chi connectivity index (χ3n) is 9.01. The second-order valence-electron chi connectivity index (χ2n) is 10.2. The number of Topliss-reactive ketones (excluding diaryl/α,β-unsaturated/α-hetero) is 1. The van der Waals surface area contributed by atoms with E-state index in [4.69, 9.17) is 4.74 Å². The summed E-state index contributed by atoms with van der Waals surface area (Å²) in [5.41, 5.74) is 1.20. The van der Waals surface area contributed by atoms with E-state index in [2.05, 4.69) is 51.8 Å². The van der Waals surface area contributed by atoms with E-state index >= 15 is 0 Å². The van der Waals surface area contributed by atoms with Crippen molar-refractivity contribution in [1.82, 2.24) is 0 Å². The first-order valence-corrected chi connectivity index (χ1v) is 12.5. The Labute approximate surface area is 185 Å². The van der Waals surface area contributed by atoms with Gasteiger partial charge in [0.1, 0.15) is 6.10 Å². The molecule has 0 aromatic carbocycles. The van der Waals surface area contributed by atoms with Gasteiger partial charge in [-0.05, 0) is 80.6 Å². The molecule has 3 saturated carbocycles. The molecule has 4 aliphatic carbocycles. The minimum absolute atomic E-state index is 0.0926. The van der Waals surface area contributed by atoms with E-state index in [1.807, 2.05) is 0 Å². The van der Waals surface area contributed by atoms with Crippen molar-refractivity contribution < 1.29 is 14.3 Å². The van der Waals surface area contributed by atoms with Gasteiger partial charge >= 0.3 is 5.97 Å². The van der Waals surface area contributed by atoms with Crippen molar-refractivity contribution in [2.45, 2.75) is 87.9 Å². The molecular weight excluding hydrogens is 484 g/mol. The summed E-state index contributed by atoms with van der Waals surface area (Å²) in [5, 5.41) is 0. The average Bonchev–Trinajstić information content (AvgIpc) is 2.83. The van der Waals surface area contributed by atoms with Crippen LogP contribution in [0.3, 0.4) is 0 Å². The molecule has 0 saturated heterocycles. The maximum atomic E-state index is 12.4. The minimum Gasteiger partial charge on any atom is -0.463 e. The topological polar surface area (TPSA) is 43.4 Å². The summed E-state index contributed by atoms with van der Waals surface area (Å²) in [6.07, 6.45) is 10.0. The number of ketones is 1. The lowest BCUT2D eigenvalue weighted by molar-refractivity contribution is -0.157. The van der Waals surface area contributed by atoms with E-state index in [1.54, 1.807) is 6.92 Å². The molecule has 4 aliphatic rings. The second-order valence-corrected chi connectivity index (χ2v) is 12.5. The Morgan fingerprint density at radius 3 is 2.43 bits per heavy atom. The van der Waals surface area contributed by atoms with Gasteiger partial charge in [0.05, 0.1) is 4.32 Å². The van der Waals surface area contributed by atoms with Crippen LogP contribution >= 0.6 is 31.9 Å². The maximum Gasteiger partial charge on any atom is 0.302 e. The monoisotopic (exact) mass is 514 g/mol. The Morgan fingerprint density at radius 1 is 1.07 bits per heavy atom. The predicted octanol–water partition coefficient (Wildman–Crippen LogP) is 5.98. The van der Waals surface area contributed by atoms with Crippen molar-refractivity contribution in [3.8, 4) is 0 Å². The second kappa shape index (κ2) is 6.93. The number of hydrogen-bond acceptors (Lipinski definition) is 3. The summed E-state index contributed by atoms with van der Waals surface area (Å²) in [4.78, 5) is 24.0. The molecule has 8 atom stereocenters. The van der Waals surface area contributed by atoms with E-state index in [0.29, 0.717) is 23.2 Å². The first-order valence-electron chi connectivity index (χ1n) is 10.8. The van der Waals surface area contributed by atoms with Crippen molar-refractivity contribution in [1.29, 1.82) is 0 Å². The van der Waals surface area contributed by atoms with Gasteiger partial charge in [0.15, 0.2) is 5.78 Å². The number of rotatable bonds is 2. The number of carbonyl (C=O) groups excluding carboxylic acids is 2. The smallest absolute Gasteiger partial charge is 0.302 e. The van der Waals surface area contributed by atoms with Crippen LogP contribution < -0.4 is 0 Å². The summed E-state index contributed by atoms with van der Waals surface area (Å²) in [7, 11) is 0. The number of allylic oxidation sites excluding steroid dienone is 2. The summed E-state index contributed by atoms with van der Waals surface area (Å²) in [5.74, 6) is 1.90. The van der Waals surface area contributed by atoms with Gasteiger partial charge in [0.25, 0.3) is 0 Å². The third kappa shape index (κ3) is 2.77. The fourth-order valence-corrected chi connectivity index (χ4v) is 9.79.